The van der Waals surface area contributed by atoms with Gasteiger partial charge in [-0.2, -0.15) is 8.78 Å². The molecule has 0 saturated carbocycles. The SMILES string of the molecule is CN/C(=C\C=N)Nc1ncc(C)c(-c2cc3n(c2)CCn2c-3nnc2C(F)(F)c2ccccc2F)n1. The number of nitrogens with zero attached hydrogens (tertiary/aromatic N) is 6. The van der Waals surface area contributed by atoms with E-state index in [4.69, 9.17) is 5.41 Å². The van der Waals surface area contributed by atoms with Crippen molar-refractivity contribution in [2.24, 2.45) is 0 Å². The molecule has 1 aromatic carbocycles. The Balaban J connectivity index is 1.52. The van der Waals surface area contributed by atoms with Crippen LogP contribution in [0.2, 0.25) is 0 Å². The first-order valence-corrected chi connectivity index (χ1v) is 11.1. The summed E-state index contributed by atoms with van der Waals surface area (Å²) >= 11 is 0. The molecular weight excluding hydrogens is 471 g/mol. The van der Waals surface area contributed by atoms with Crippen molar-refractivity contribution in [2.45, 2.75) is 25.9 Å². The Labute approximate surface area is 204 Å². The molecule has 0 amide bonds. The van der Waals surface area contributed by atoms with Gasteiger partial charge in [-0.05, 0) is 36.8 Å². The van der Waals surface area contributed by atoms with Crippen LogP contribution in [0.4, 0.5) is 19.1 Å². The lowest BCUT2D eigenvalue weighted by molar-refractivity contribution is 0.0245. The smallest absolute Gasteiger partial charge is 0.334 e. The summed E-state index contributed by atoms with van der Waals surface area (Å²) in [5.41, 5.74) is 2.10. The summed E-state index contributed by atoms with van der Waals surface area (Å²) in [6.07, 6.45) is 6.22. The molecule has 4 heterocycles. The Kier molecular flexibility index (Phi) is 5.78. The highest BCUT2D eigenvalue weighted by molar-refractivity contribution is 5.71. The first-order valence-electron chi connectivity index (χ1n) is 11.1. The van der Waals surface area contributed by atoms with Crippen molar-refractivity contribution in [3.05, 3.63) is 77.4 Å². The fraction of sp³-hybridized carbons (Fsp3) is 0.208. The van der Waals surface area contributed by atoms with Crippen molar-refractivity contribution in [2.75, 3.05) is 12.4 Å². The first kappa shape index (κ1) is 23.3. The molecule has 0 spiro atoms. The van der Waals surface area contributed by atoms with Crippen molar-refractivity contribution in [1.29, 1.82) is 5.41 Å². The van der Waals surface area contributed by atoms with E-state index in [2.05, 4.69) is 30.8 Å². The zero-order chi connectivity index (χ0) is 25.4. The van der Waals surface area contributed by atoms with Crippen molar-refractivity contribution in [3.63, 3.8) is 0 Å². The van der Waals surface area contributed by atoms with Crippen LogP contribution in [-0.4, -0.2) is 42.6 Å². The van der Waals surface area contributed by atoms with E-state index < -0.39 is 23.1 Å². The maximum absolute atomic E-state index is 15.3. The topological polar surface area (TPSA) is 109 Å². The number of halogens is 3. The summed E-state index contributed by atoms with van der Waals surface area (Å²) in [5.74, 6) is -4.09. The van der Waals surface area contributed by atoms with Gasteiger partial charge in [-0.3, -0.25) is 0 Å². The molecule has 0 atom stereocenters. The normalized spacial score (nSPS) is 13.2. The molecule has 3 N–H and O–H groups in total. The number of allylic oxidation sites excluding steroid dienone is 1. The van der Waals surface area contributed by atoms with Gasteiger partial charge >= 0.3 is 5.92 Å². The number of anilines is 1. The molecule has 1 aliphatic heterocycles. The van der Waals surface area contributed by atoms with Crippen LogP contribution < -0.4 is 10.6 Å². The molecule has 1 aliphatic rings. The number of hydrogen-bond donors (Lipinski definition) is 3. The Morgan fingerprint density at radius 1 is 1.19 bits per heavy atom. The predicted molar refractivity (Wildman–Crippen MR) is 128 cm³/mol. The predicted octanol–water partition coefficient (Wildman–Crippen LogP) is 3.93. The minimum absolute atomic E-state index is 0.207. The molecule has 3 aromatic heterocycles. The second-order valence-electron chi connectivity index (χ2n) is 8.21. The summed E-state index contributed by atoms with van der Waals surface area (Å²) in [4.78, 5) is 8.90. The minimum atomic E-state index is -3.65. The second-order valence-corrected chi connectivity index (χ2v) is 8.21. The monoisotopic (exact) mass is 493 g/mol. The fourth-order valence-corrected chi connectivity index (χ4v) is 4.18. The molecular formula is C24H22F3N9. The van der Waals surface area contributed by atoms with Gasteiger partial charge in [0, 0.05) is 44.3 Å². The van der Waals surface area contributed by atoms with E-state index in [0.29, 0.717) is 29.7 Å². The third kappa shape index (κ3) is 3.89. The Bertz CT molecular complexity index is 1490. The van der Waals surface area contributed by atoms with Gasteiger partial charge in [0.1, 0.15) is 11.6 Å². The third-order valence-corrected chi connectivity index (χ3v) is 5.94. The summed E-state index contributed by atoms with van der Waals surface area (Å²) in [7, 11) is 1.71. The van der Waals surface area contributed by atoms with Gasteiger partial charge in [-0.25, -0.2) is 14.4 Å². The van der Waals surface area contributed by atoms with Crippen LogP contribution in [0.25, 0.3) is 22.8 Å². The molecule has 4 aromatic rings. The molecule has 0 radical (unpaired) electrons. The van der Waals surface area contributed by atoms with Crippen LogP contribution in [0.15, 0.2) is 54.6 Å². The summed E-state index contributed by atoms with van der Waals surface area (Å²) in [6.45, 7) is 2.48. The van der Waals surface area contributed by atoms with Crippen LogP contribution in [0.3, 0.4) is 0 Å². The third-order valence-electron chi connectivity index (χ3n) is 5.94. The number of aryl methyl sites for hydroxylation is 2. The highest BCUT2D eigenvalue weighted by Gasteiger charge is 2.43. The summed E-state index contributed by atoms with van der Waals surface area (Å²) < 4.78 is 48.0. The number of fused-ring (bicyclic) bond motifs is 3. The fourth-order valence-electron chi connectivity index (χ4n) is 4.18. The Morgan fingerprint density at radius 3 is 2.75 bits per heavy atom. The molecule has 184 valence electrons. The molecule has 0 saturated heterocycles. The molecule has 5 rings (SSSR count). The van der Waals surface area contributed by atoms with Crippen LogP contribution >= 0.6 is 0 Å². The average molecular weight is 493 g/mol. The van der Waals surface area contributed by atoms with Gasteiger partial charge in [-0.1, -0.05) is 12.1 Å². The largest absolute Gasteiger partial charge is 0.375 e. The number of nitrogens with one attached hydrogen (secondary N) is 3. The molecule has 12 heteroatoms. The van der Waals surface area contributed by atoms with Crippen molar-refractivity contribution in [3.8, 4) is 22.8 Å². The quantitative estimate of drug-likeness (QED) is 0.337. The standard InChI is InChI=1S/C24H22F3N9/c1-14-12-30-23(31-19(29-2)7-8-28)32-20(14)15-11-18-21-33-34-22(36(21)10-9-35(18)13-15)24(26,27)16-5-3-4-6-17(16)25/h3-8,11-13,28-29H,9-10H2,1-2H3,(H,30,31,32)/b19-7+,28-8?. The molecule has 36 heavy (non-hydrogen) atoms. The van der Waals surface area contributed by atoms with Crippen LogP contribution in [0.5, 0.6) is 0 Å². The van der Waals surface area contributed by atoms with Gasteiger partial charge < -0.3 is 25.2 Å². The zero-order valence-corrected chi connectivity index (χ0v) is 19.4. The van der Waals surface area contributed by atoms with Crippen LogP contribution in [0.1, 0.15) is 17.0 Å². The van der Waals surface area contributed by atoms with Gasteiger partial charge in [-0.15, -0.1) is 10.2 Å². The Morgan fingerprint density at radius 2 is 2.00 bits per heavy atom. The molecule has 9 nitrogen and oxygen atoms in total. The lowest BCUT2D eigenvalue weighted by atomic mass is 10.1. The van der Waals surface area contributed by atoms with Crippen molar-refractivity contribution in [1.82, 2.24) is 34.6 Å². The number of rotatable bonds is 7. The van der Waals surface area contributed by atoms with Gasteiger partial charge in [0.15, 0.2) is 5.82 Å². The van der Waals surface area contributed by atoms with E-state index in [1.807, 2.05) is 23.8 Å². The van der Waals surface area contributed by atoms with E-state index in [-0.39, 0.29) is 12.4 Å². The van der Waals surface area contributed by atoms with Crippen LogP contribution in [-0.2, 0) is 19.0 Å². The first-order chi connectivity index (χ1) is 17.3. The summed E-state index contributed by atoms with van der Waals surface area (Å²) in [6, 6.07) is 6.60. The van der Waals surface area contributed by atoms with E-state index >= 15 is 8.78 Å². The number of hydrogen-bond acceptors (Lipinski definition) is 7. The van der Waals surface area contributed by atoms with E-state index in [1.165, 1.54) is 22.8 Å². The van der Waals surface area contributed by atoms with E-state index in [9.17, 15) is 4.39 Å². The van der Waals surface area contributed by atoms with Crippen molar-refractivity contribution < 1.29 is 13.2 Å². The molecule has 0 aliphatic carbocycles. The second kappa shape index (κ2) is 8.95. The molecule has 0 unspecified atom stereocenters. The summed E-state index contributed by atoms with van der Waals surface area (Å²) in [5, 5.41) is 21.0. The van der Waals surface area contributed by atoms with Crippen molar-refractivity contribution >= 4 is 12.2 Å². The number of benzene rings is 1. The highest BCUT2D eigenvalue weighted by atomic mass is 19.3. The van der Waals surface area contributed by atoms with E-state index in [0.717, 1.165) is 29.5 Å². The lowest BCUT2D eigenvalue weighted by Crippen LogP contribution is -2.26. The van der Waals surface area contributed by atoms with Crippen LogP contribution in [0, 0.1) is 18.2 Å². The van der Waals surface area contributed by atoms with Gasteiger partial charge in [0.25, 0.3) is 0 Å². The molecule has 0 bridgehead atoms. The lowest BCUT2D eigenvalue weighted by Gasteiger charge is -2.22. The number of aromatic nitrogens is 6. The highest BCUT2D eigenvalue weighted by Crippen LogP contribution is 2.39. The van der Waals surface area contributed by atoms with E-state index in [1.54, 1.807) is 13.2 Å². The maximum Gasteiger partial charge on any atom is 0.334 e. The molecule has 0 fully saturated rings. The van der Waals surface area contributed by atoms with Gasteiger partial charge in [0.2, 0.25) is 11.8 Å². The Hall–Kier alpha value is -4.48. The maximum atomic E-state index is 15.3. The zero-order valence-electron chi connectivity index (χ0n) is 19.4. The van der Waals surface area contributed by atoms with Gasteiger partial charge in [0.05, 0.1) is 17.0 Å². The minimum Gasteiger partial charge on any atom is -0.375 e. The average Bonchev–Trinajstić information content (AvgIpc) is 3.49. The number of alkyl halides is 2.